The second-order valence-corrected chi connectivity index (χ2v) is 8.65. The van der Waals surface area contributed by atoms with Crippen LogP contribution in [0.3, 0.4) is 0 Å². The largest absolute Gasteiger partial charge is 0.394 e. The number of allylic oxidation sites excluding steroid dienone is 2. The van der Waals surface area contributed by atoms with Gasteiger partial charge in [-0.1, -0.05) is 11.3 Å². The molecule has 0 spiro atoms. The van der Waals surface area contributed by atoms with E-state index in [1.165, 1.54) is 40.8 Å². The maximum Gasteiger partial charge on any atom is 0.129 e. The van der Waals surface area contributed by atoms with Crippen LogP contribution in [-0.4, -0.2) is 48.7 Å². The molecular weight excluding hydrogens is 392 g/mol. The van der Waals surface area contributed by atoms with Crippen molar-refractivity contribution in [3.05, 3.63) is 63.9 Å². The van der Waals surface area contributed by atoms with Crippen molar-refractivity contribution >= 4 is 5.71 Å². The predicted octanol–water partition coefficient (Wildman–Crippen LogP) is 1.63. The van der Waals surface area contributed by atoms with Crippen LogP contribution in [0.25, 0.3) is 0 Å². The van der Waals surface area contributed by atoms with Crippen molar-refractivity contribution in [2.75, 3.05) is 6.61 Å². The summed E-state index contributed by atoms with van der Waals surface area (Å²) in [5.41, 5.74) is 12.8. The molecule has 6 rings (SSSR count). The van der Waals surface area contributed by atoms with Crippen LogP contribution in [0.5, 0.6) is 0 Å². The fourth-order valence-corrected chi connectivity index (χ4v) is 5.42. The van der Waals surface area contributed by atoms with Gasteiger partial charge in [-0.15, -0.1) is 5.10 Å². The van der Waals surface area contributed by atoms with Gasteiger partial charge in [-0.05, 0) is 55.4 Å². The van der Waals surface area contributed by atoms with Crippen molar-refractivity contribution in [2.24, 2.45) is 11.0 Å². The zero-order chi connectivity index (χ0) is 20.9. The number of fused-ring (bicyclic) bond motifs is 3. The van der Waals surface area contributed by atoms with Crippen LogP contribution in [0.2, 0.25) is 0 Å². The molecule has 2 aromatic heterocycles. The summed E-state index contributed by atoms with van der Waals surface area (Å²) in [6.07, 6.45) is 12.8. The summed E-state index contributed by atoms with van der Waals surface area (Å²) >= 11 is 0. The molecule has 2 aromatic rings. The van der Waals surface area contributed by atoms with Gasteiger partial charge >= 0.3 is 0 Å². The summed E-state index contributed by atoms with van der Waals surface area (Å²) in [5, 5.41) is 33.6. The van der Waals surface area contributed by atoms with Crippen LogP contribution >= 0.6 is 0 Å². The number of hydrazone groups is 1. The molecule has 9 heteroatoms. The lowest BCUT2D eigenvalue weighted by Gasteiger charge is -2.40. The van der Waals surface area contributed by atoms with Crippen molar-refractivity contribution in [1.82, 2.24) is 35.9 Å². The summed E-state index contributed by atoms with van der Waals surface area (Å²) in [4.78, 5) is 0. The topological polar surface area (TPSA) is 116 Å². The Morgan fingerprint density at radius 2 is 2.16 bits per heavy atom. The molecule has 4 heterocycles. The highest BCUT2D eigenvalue weighted by molar-refractivity contribution is 6.04. The number of hydrogen-bond donors (Lipinski definition) is 4. The third-order valence-corrected chi connectivity index (χ3v) is 6.85. The first-order chi connectivity index (χ1) is 15.2. The van der Waals surface area contributed by atoms with Gasteiger partial charge in [-0.25, -0.2) is 4.68 Å². The van der Waals surface area contributed by atoms with Gasteiger partial charge in [-0.3, -0.25) is 5.10 Å². The van der Waals surface area contributed by atoms with E-state index in [1.54, 1.807) is 4.68 Å². The minimum Gasteiger partial charge on any atom is -0.394 e. The molecule has 0 bridgehead atoms. The number of aliphatic hydroxyl groups is 1. The Labute approximate surface area is 180 Å². The van der Waals surface area contributed by atoms with E-state index in [0.29, 0.717) is 6.54 Å². The highest BCUT2D eigenvalue weighted by atomic mass is 16.3. The van der Waals surface area contributed by atoms with Gasteiger partial charge in [0.25, 0.3) is 0 Å². The van der Waals surface area contributed by atoms with Crippen molar-refractivity contribution in [3.8, 4) is 0 Å². The lowest BCUT2D eigenvalue weighted by Crippen LogP contribution is -2.40. The van der Waals surface area contributed by atoms with E-state index in [0.717, 1.165) is 29.9 Å². The van der Waals surface area contributed by atoms with Crippen LogP contribution in [-0.2, 0) is 6.54 Å². The standard InChI is InChI=1S/C22H26N8O/c1-12-15(10-23-25-12)21-14-5-3-2-4-13(14)19-16(24-21)6-7-17-20(19)22(28-26-17)18-11-30(8-9-31)29-27-18/h6-7,10-11,17,20-21,24,26,31H,2-5,8-9H2,1H3,(H,23,25). The van der Waals surface area contributed by atoms with Crippen LogP contribution in [0.4, 0.5) is 0 Å². The first kappa shape index (κ1) is 18.6. The fraction of sp³-hybridized carbons (Fsp3) is 0.455. The molecule has 160 valence electrons. The molecule has 4 N–H and O–H groups in total. The molecule has 0 amide bonds. The average molecular weight is 419 g/mol. The van der Waals surface area contributed by atoms with E-state index < -0.39 is 0 Å². The van der Waals surface area contributed by atoms with E-state index >= 15 is 0 Å². The smallest absolute Gasteiger partial charge is 0.129 e. The molecule has 9 nitrogen and oxygen atoms in total. The molecule has 0 radical (unpaired) electrons. The Kier molecular flexibility index (Phi) is 4.31. The van der Waals surface area contributed by atoms with Crippen molar-refractivity contribution in [1.29, 1.82) is 0 Å². The van der Waals surface area contributed by atoms with Gasteiger partial charge in [-0.2, -0.15) is 10.2 Å². The van der Waals surface area contributed by atoms with E-state index in [-0.39, 0.29) is 24.6 Å². The Morgan fingerprint density at radius 1 is 1.26 bits per heavy atom. The minimum atomic E-state index is 0.0343. The minimum absolute atomic E-state index is 0.0343. The Bertz CT molecular complexity index is 1150. The summed E-state index contributed by atoms with van der Waals surface area (Å²) in [5.74, 6) is 0.0984. The van der Waals surface area contributed by atoms with Gasteiger partial charge in [0, 0.05) is 17.0 Å². The first-order valence-electron chi connectivity index (χ1n) is 11.0. The third-order valence-electron chi connectivity index (χ3n) is 6.85. The van der Waals surface area contributed by atoms with Crippen molar-refractivity contribution in [3.63, 3.8) is 0 Å². The predicted molar refractivity (Wildman–Crippen MR) is 115 cm³/mol. The maximum absolute atomic E-state index is 9.22. The number of rotatable bonds is 4. The molecule has 2 aliphatic carbocycles. The number of aromatic nitrogens is 5. The summed E-state index contributed by atoms with van der Waals surface area (Å²) in [6, 6.07) is 0.274. The zero-order valence-electron chi connectivity index (χ0n) is 17.5. The second-order valence-electron chi connectivity index (χ2n) is 8.65. The van der Waals surface area contributed by atoms with Crippen LogP contribution in [0.15, 0.2) is 52.1 Å². The summed E-state index contributed by atoms with van der Waals surface area (Å²) < 4.78 is 1.67. The van der Waals surface area contributed by atoms with Crippen LogP contribution < -0.4 is 10.7 Å². The molecule has 0 saturated carbocycles. The molecular formula is C22H26N8O. The third kappa shape index (κ3) is 2.87. The lowest BCUT2D eigenvalue weighted by molar-refractivity contribution is 0.268. The number of H-pyrrole nitrogens is 1. The SMILES string of the molecule is Cc1[nH]ncc1C1NC2=C(C3=C1CCCC3)C1C(c3cn(CCO)nn3)=NNC1C=C2. The number of dihydropyridines is 1. The molecule has 3 unspecified atom stereocenters. The second kappa shape index (κ2) is 7.19. The lowest BCUT2D eigenvalue weighted by atomic mass is 9.70. The Morgan fingerprint density at radius 3 is 3.00 bits per heavy atom. The first-order valence-corrected chi connectivity index (χ1v) is 11.0. The molecule has 2 aliphatic heterocycles. The summed E-state index contributed by atoms with van der Waals surface area (Å²) in [6.45, 7) is 2.55. The van der Waals surface area contributed by atoms with Gasteiger partial charge in [0.15, 0.2) is 0 Å². The number of aliphatic hydroxyl groups excluding tert-OH is 1. The van der Waals surface area contributed by atoms with E-state index in [1.807, 2.05) is 12.4 Å². The van der Waals surface area contributed by atoms with Crippen LogP contribution in [0, 0.1) is 12.8 Å². The number of aromatic amines is 1. The van der Waals surface area contributed by atoms with Gasteiger partial charge in [0.2, 0.25) is 0 Å². The Balaban J connectivity index is 1.43. The molecule has 0 saturated heterocycles. The highest BCUT2D eigenvalue weighted by Crippen LogP contribution is 2.47. The average Bonchev–Trinajstić information content (AvgIpc) is 3.52. The summed E-state index contributed by atoms with van der Waals surface area (Å²) in [7, 11) is 0. The molecule has 3 atom stereocenters. The number of hydrogen-bond acceptors (Lipinski definition) is 7. The molecule has 0 fully saturated rings. The quantitative estimate of drug-likeness (QED) is 0.600. The van der Waals surface area contributed by atoms with Gasteiger partial charge < -0.3 is 15.8 Å². The van der Waals surface area contributed by atoms with Crippen LogP contribution in [0.1, 0.15) is 48.7 Å². The fourth-order valence-electron chi connectivity index (χ4n) is 5.42. The van der Waals surface area contributed by atoms with E-state index in [2.05, 4.69) is 55.4 Å². The monoisotopic (exact) mass is 418 g/mol. The number of nitrogens with one attached hydrogen (secondary N) is 3. The van der Waals surface area contributed by atoms with Crippen molar-refractivity contribution < 1.29 is 5.11 Å². The number of aryl methyl sites for hydroxylation is 1. The highest BCUT2D eigenvalue weighted by Gasteiger charge is 2.43. The van der Waals surface area contributed by atoms with E-state index in [9.17, 15) is 5.11 Å². The maximum atomic E-state index is 9.22. The van der Waals surface area contributed by atoms with Gasteiger partial charge in [0.1, 0.15) is 5.69 Å². The number of nitrogens with zero attached hydrogens (tertiary/aromatic N) is 5. The Hall–Kier alpha value is -3.20. The zero-order valence-corrected chi connectivity index (χ0v) is 17.5. The molecule has 0 aromatic carbocycles. The van der Waals surface area contributed by atoms with Crippen molar-refractivity contribution in [2.45, 2.75) is 51.2 Å². The molecule has 31 heavy (non-hydrogen) atoms. The van der Waals surface area contributed by atoms with E-state index in [4.69, 9.17) is 0 Å². The molecule has 4 aliphatic rings. The van der Waals surface area contributed by atoms with Gasteiger partial charge in [0.05, 0.1) is 49.3 Å². The normalized spacial score (nSPS) is 26.8.